The number of aryl methyl sites for hydroxylation is 1. The fourth-order valence-corrected chi connectivity index (χ4v) is 3.03. The Morgan fingerprint density at radius 1 is 1.42 bits per heavy atom. The first kappa shape index (κ1) is 16.6. The summed E-state index contributed by atoms with van der Waals surface area (Å²) in [6.07, 6.45) is 2.64. The molecule has 1 saturated heterocycles. The molecule has 1 atom stereocenters. The van der Waals surface area contributed by atoms with Gasteiger partial charge in [-0.25, -0.2) is 4.39 Å². The van der Waals surface area contributed by atoms with Gasteiger partial charge in [0.2, 0.25) is 5.91 Å². The molecule has 1 unspecified atom stereocenters. The summed E-state index contributed by atoms with van der Waals surface area (Å²) < 4.78 is 18.2. The van der Waals surface area contributed by atoms with Gasteiger partial charge in [-0.3, -0.25) is 9.69 Å². The highest BCUT2D eigenvalue weighted by atomic mass is 19.1. The van der Waals surface area contributed by atoms with Crippen molar-refractivity contribution in [1.82, 2.24) is 15.4 Å². The molecule has 2 heterocycles. The molecule has 0 bridgehead atoms. The van der Waals surface area contributed by atoms with Crippen LogP contribution in [-0.4, -0.2) is 28.6 Å². The molecule has 0 spiro atoms. The molecular weight excluding hydrogens is 309 g/mol. The van der Waals surface area contributed by atoms with Crippen LogP contribution in [0.2, 0.25) is 0 Å². The van der Waals surface area contributed by atoms with Crippen molar-refractivity contribution in [3.63, 3.8) is 0 Å². The van der Waals surface area contributed by atoms with Crippen molar-refractivity contribution in [3.05, 3.63) is 53.2 Å². The van der Waals surface area contributed by atoms with E-state index in [0.717, 1.165) is 37.1 Å². The number of hydrogen-bond acceptors (Lipinski definition) is 4. The largest absolute Gasteiger partial charge is 0.359 e. The summed E-state index contributed by atoms with van der Waals surface area (Å²) in [6, 6.07) is 8.16. The van der Waals surface area contributed by atoms with Crippen LogP contribution in [0.1, 0.15) is 36.8 Å². The molecule has 0 aliphatic carbocycles. The number of carbonyl (C=O) groups is 1. The molecule has 1 fully saturated rings. The third-order valence-corrected chi connectivity index (χ3v) is 4.37. The highest BCUT2D eigenvalue weighted by Gasteiger charge is 2.30. The molecule has 1 N–H and O–H groups in total. The molecule has 128 valence electrons. The summed E-state index contributed by atoms with van der Waals surface area (Å²) >= 11 is 0. The number of hydrogen-bond donors (Lipinski definition) is 1. The SMILES string of the molecule is CCc1cc(CNC(=O)C2CCCN2Cc2ccc(F)cc2)on1. The second-order valence-electron chi connectivity index (χ2n) is 6.11. The summed E-state index contributed by atoms with van der Waals surface area (Å²) in [5.41, 5.74) is 1.90. The normalized spacial score (nSPS) is 18.0. The van der Waals surface area contributed by atoms with E-state index in [4.69, 9.17) is 4.52 Å². The predicted octanol–water partition coefficient (Wildman–Crippen LogP) is 2.66. The molecule has 3 rings (SSSR count). The molecule has 0 saturated carbocycles. The average molecular weight is 331 g/mol. The van der Waals surface area contributed by atoms with E-state index in [9.17, 15) is 9.18 Å². The predicted molar refractivity (Wildman–Crippen MR) is 87.6 cm³/mol. The first-order valence-corrected chi connectivity index (χ1v) is 8.36. The van der Waals surface area contributed by atoms with Crippen molar-refractivity contribution in [3.8, 4) is 0 Å². The van der Waals surface area contributed by atoms with Gasteiger partial charge >= 0.3 is 0 Å². The summed E-state index contributed by atoms with van der Waals surface area (Å²) in [5.74, 6) is 0.431. The van der Waals surface area contributed by atoms with Crippen molar-refractivity contribution >= 4 is 5.91 Å². The zero-order valence-corrected chi connectivity index (χ0v) is 13.8. The Labute approximate surface area is 140 Å². The maximum Gasteiger partial charge on any atom is 0.237 e. The first-order chi connectivity index (χ1) is 11.7. The van der Waals surface area contributed by atoms with Gasteiger partial charge in [-0.2, -0.15) is 0 Å². The van der Waals surface area contributed by atoms with E-state index in [0.29, 0.717) is 18.8 Å². The van der Waals surface area contributed by atoms with Gasteiger partial charge < -0.3 is 9.84 Å². The lowest BCUT2D eigenvalue weighted by molar-refractivity contribution is -0.125. The topological polar surface area (TPSA) is 58.4 Å². The fourth-order valence-electron chi connectivity index (χ4n) is 3.03. The maximum atomic E-state index is 13.0. The van der Waals surface area contributed by atoms with Crippen LogP contribution in [0, 0.1) is 5.82 Å². The minimum atomic E-state index is -0.243. The lowest BCUT2D eigenvalue weighted by Gasteiger charge is -2.23. The van der Waals surface area contributed by atoms with Crippen LogP contribution in [-0.2, 0) is 24.3 Å². The summed E-state index contributed by atoms with van der Waals surface area (Å²) in [7, 11) is 0. The number of rotatable bonds is 6. The standard InChI is InChI=1S/C18H22FN3O2/c1-2-15-10-16(24-21-15)11-20-18(23)17-4-3-9-22(17)12-13-5-7-14(19)8-6-13/h5-8,10,17H,2-4,9,11-12H2,1H3,(H,20,23). The van der Waals surface area contributed by atoms with E-state index in [-0.39, 0.29) is 17.8 Å². The van der Waals surface area contributed by atoms with Gasteiger partial charge in [-0.05, 0) is 43.5 Å². The Morgan fingerprint density at radius 2 is 2.21 bits per heavy atom. The van der Waals surface area contributed by atoms with Crippen molar-refractivity contribution < 1.29 is 13.7 Å². The van der Waals surface area contributed by atoms with Crippen molar-refractivity contribution in [2.24, 2.45) is 0 Å². The van der Waals surface area contributed by atoms with Gasteiger partial charge in [0.05, 0.1) is 18.3 Å². The Hall–Kier alpha value is -2.21. The quantitative estimate of drug-likeness (QED) is 0.884. The minimum absolute atomic E-state index is 0.00376. The van der Waals surface area contributed by atoms with E-state index >= 15 is 0 Å². The van der Waals surface area contributed by atoms with Crippen LogP contribution >= 0.6 is 0 Å². The Morgan fingerprint density at radius 3 is 2.92 bits per heavy atom. The molecular formula is C18H22FN3O2. The lowest BCUT2D eigenvalue weighted by atomic mass is 10.1. The van der Waals surface area contributed by atoms with Gasteiger partial charge in [0.15, 0.2) is 5.76 Å². The molecule has 24 heavy (non-hydrogen) atoms. The molecule has 1 aliphatic heterocycles. The number of benzene rings is 1. The van der Waals surface area contributed by atoms with E-state index in [1.807, 2.05) is 13.0 Å². The summed E-state index contributed by atoms with van der Waals surface area (Å²) in [6.45, 7) is 3.89. The molecule has 0 radical (unpaired) electrons. The van der Waals surface area contributed by atoms with Crippen LogP contribution in [0.3, 0.4) is 0 Å². The second-order valence-corrected chi connectivity index (χ2v) is 6.11. The van der Waals surface area contributed by atoms with Gasteiger partial charge in [-0.1, -0.05) is 24.2 Å². The average Bonchev–Trinajstić information content (AvgIpc) is 3.24. The summed E-state index contributed by atoms with van der Waals surface area (Å²) in [4.78, 5) is 14.6. The fraction of sp³-hybridized carbons (Fsp3) is 0.444. The molecule has 5 nitrogen and oxygen atoms in total. The number of halogens is 1. The molecule has 1 amide bonds. The van der Waals surface area contributed by atoms with Crippen LogP contribution in [0.25, 0.3) is 0 Å². The van der Waals surface area contributed by atoms with Gasteiger partial charge in [-0.15, -0.1) is 0 Å². The van der Waals surface area contributed by atoms with Gasteiger partial charge in [0.25, 0.3) is 0 Å². The minimum Gasteiger partial charge on any atom is -0.359 e. The number of nitrogens with one attached hydrogen (secondary N) is 1. The Kier molecular flexibility index (Phi) is 5.25. The molecule has 1 aromatic heterocycles. The molecule has 2 aromatic rings. The Bertz CT molecular complexity index is 684. The number of aromatic nitrogens is 1. The van der Waals surface area contributed by atoms with Crippen molar-refractivity contribution in [1.29, 1.82) is 0 Å². The lowest BCUT2D eigenvalue weighted by Crippen LogP contribution is -2.42. The van der Waals surface area contributed by atoms with Crippen molar-refractivity contribution in [2.45, 2.75) is 45.3 Å². The third-order valence-electron chi connectivity index (χ3n) is 4.37. The third kappa shape index (κ3) is 4.00. The smallest absolute Gasteiger partial charge is 0.237 e. The maximum absolute atomic E-state index is 13.0. The van der Waals surface area contributed by atoms with Crippen LogP contribution in [0.15, 0.2) is 34.9 Å². The Balaban J connectivity index is 1.55. The second kappa shape index (κ2) is 7.57. The monoisotopic (exact) mass is 331 g/mol. The molecule has 1 aromatic carbocycles. The first-order valence-electron chi connectivity index (χ1n) is 8.36. The molecule has 1 aliphatic rings. The van der Waals surface area contributed by atoms with Crippen LogP contribution in [0.5, 0.6) is 0 Å². The number of amides is 1. The van der Waals surface area contributed by atoms with E-state index in [1.54, 1.807) is 12.1 Å². The van der Waals surface area contributed by atoms with Crippen LogP contribution < -0.4 is 5.32 Å². The summed E-state index contributed by atoms with van der Waals surface area (Å²) in [5, 5.41) is 6.85. The van der Waals surface area contributed by atoms with E-state index < -0.39 is 0 Å². The highest BCUT2D eigenvalue weighted by molar-refractivity contribution is 5.81. The zero-order chi connectivity index (χ0) is 16.9. The van der Waals surface area contributed by atoms with Gasteiger partial charge in [0.1, 0.15) is 5.82 Å². The zero-order valence-electron chi connectivity index (χ0n) is 13.8. The number of nitrogens with zero attached hydrogens (tertiary/aromatic N) is 2. The van der Waals surface area contributed by atoms with Crippen molar-refractivity contribution in [2.75, 3.05) is 6.54 Å². The highest BCUT2D eigenvalue weighted by Crippen LogP contribution is 2.20. The number of carbonyl (C=O) groups excluding carboxylic acids is 1. The molecule has 6 heteroatoms. The van der Waals surface area contributed by atoms with Gasteiger partial charge in [0, 0.05) is 12.6 Å². The van der Waals surface area contributed by atoms with E-state index in [2.05, 4.69) is 15.4 Å². The van der Waals surface area contributed by atoms with E-state index in [1.165, 1.54) is 12.1 Å². The number of likely N-dealkylation sites (tertiary alicyclic amines) is 1. The van der Waals surface area contributed by atoms with Crippen LogP contribution in [0.4, 0.5) is 4.39 Å².